The van der Waals surface area contributed by atoms with Crippen molar-refractivity contribution in [2.24, 2.45) is 0 Å². The highest BCUT2D eigenvalue weighted by molar-refractivity contribution is 9.09. The van der Waals surface area contributed by atoms with Gasteiger partial charge < -0.3 is 14.2 Å². The van der Waals surface area contributed by atoms with Crippen molar-refractivity contribution < 1.29 is 14.2 Å². The summed E-state index contributed by atoms with van der Waals surface area (Å²) in [6.45, 7) is 5.41. The van der Waals surface area contributed by atoms with Crippen LogP contribution in [0.15, 0.2) is 18.2 Å². The second kappa shape index (κ2) is 7.15. The Kier molecular flexibility index (Phi) is 5.52. The van der Waals surface area contributed by atoms with Crippen LogP contribution in [0.1, 0.15) is 44.8 Å². The molecule has 1 aliphatic rings. The monoisotopic (exact) mass is 328 g/mol. The van der Waals surface area contributed by atoms with Crippen molar-refractivity contribution in [3.63, 3.8) is 0 Å². The zero-order valence-electron chi connectivity index (χ0n) is 11.5. The Labute approximate surface area is 123 Å². The predicted molar refractivity (Wildman–Crippen MR) is 79.2 cm³/mol. The Balaban J connectivity index is 2.02. The molecule has 0 radical (unpaired) electrons. The van der Waals surface area contributed by atoms with Crippen molar-refractivity contribution in [2.75, 3.05) is 13.4 Å². The Hall–Kier alpha value is -0.740. The van der Waals surface area contributed by atoms with Gasteiger partial charge in [-0.3, -0.25) is 0 Å². The van der Waals surface area contributed by atoms with E-state index < -0.39 is 0 Å². The first-order valence-corrected chi connectivity index (χ1v) is 7.79. The molecule has 3 nitrogen and oxygen atoms in total. The fraction of sp³-hybridized carbons (Fsp3) is 0.600. The molecule has 1 aliphatic heterocycles. The second-order valence-electron chi connectivity index (χ2n) is 4.79. The van der Waals surface area contributed by atoms with Crippen LogP contribution < -0.4 is 9.47 Å². The first kappa shape index (κ1) is 14.7. The lowest BCUT2D eigenvalue weighted by Crippen LogP contribution is -2.14. The molecule has 19 heavy (non-hydrogen) atoms. The van der Waals surface area contributed by atoms with Gasteiger partial charge in [0.05, 0.1) is 6.10 Å². The number of hydrogen-bond acceptors (Lipinski definition) is 3. The van der Waals surface area contributed by atoms with Crippen LogP contribution in [0.25, 0.3) is 0 Å². The summed E-state index contributed by atoms with van der Waals surface area (Å²) in [4.78, 5) is 0.259. The first-order chi connectivity index (χ1) is 9.22. The summed E-state index contributed by atoms with van der Waals surface area (Å²) in [5, 5.41) is 0. The van der Waals surface area contributed by atoms with Crippen LogP contribution in [-0.4, -0.2) is 18.2 Å². The Bertz CT molecular complexity index is 406. The van der Waals surface area contributed by atoms with E-state index in [1.807, 2.05) is 12.1 Å². The molecule has 0 amide bonds. The zero-order chi connectivity index (χ0) is 13.7. The van der Waals surface area contributed by atoms with E-state index in [9.17, 15) is 0 Å². The highest BCUT2D eigenvalue weighted by Crippen LogP contribution is 2.36. The normalized spacial score (nSPS) is 16.4. The molecular weight excluding hydrogens is 308 g/mol. The number of alkyl halides is 1. The molecule has 0 saturated heterocycles. The van der Waals surface area contributed by atoms with Gasteiger partial charge >= 0.3 is 0 Å². The molecule has 0 aliphatic carbocycles. The maximum Gasteiger partial charge on any atom is 0.231 e. The van der Waals surface area contributed by atoms with E-state index in [4.69, 9.17) is 14.2 Å². The molecule has 1 heterocycles. The SMILES string of the molecule is CCCCCO[C@@H](c1ccc2c(c1)OCO2)[C@H](C)Br. The number of halogens is 1. The summed E-state index contributed by atoms with van der Waals surface area (Å²) in [7, 11) is 0. The molecule has 0 aromatic heterocycles. The number of fused-ring (bicyclic) bond motifs is 1. The maximum atomic E-state index is 6.01. The Morgan fingerprint density at radius 3 is 2.79 bits per heavy atom. The molecule has 2 atom stereocenters. The molecule has 0 fully saturated rings. The Morgan fingerprint density at radius 2 is 2.05 bits per heavy atom. The molecule has 1 aromatic rings. The lowest BCUT2D eigenvalue weighted by molar-refractivity contribution is 0.0523. The second-order valence-corrected chi connectivity index (χ2v) is 6.23. The van der Waals surface area contributed by atoms with E-state index >= 15 is 0 Å². The van der Waals surface area contributed by atoms with E-state index in [1.165, 1.54) is 12.8 Å². The summed E-state index contributed by atoms with van der Waals surface area (Å²) in [6.07, 6.45) is 3.58. The zero-order valence-corrected chi connectivity index (χ0v) is 13.1. The third kappa shape index (κ3) is 3.86. The van der Waals surface area contributed by atoms with E-state index in [1.54, 1.807) is 0 Å². The van der Waals surface area contributed by atoms with Gasteiger partial charge in [-0.25, -0.2) is 0 Å². The van der Waals surface area contributed by atoms with Gasteiger partial charge in [0.25, 0.3) is 0 Å². The van der Waals surface area contributed by atoms with Crippen LogP contribution in [0.2, 0.25) is 0 Å². The van der Waals surface area contributed by atoms with Crippen molar-refractivity contribution in [1.29, 1.82) is 0 Å². The fourth-order valence-corrected chi connectivity index (χ4v) is 2.60. The molecule has 106 valence electrons. The third-order valence-electron chi connectivity index (χ3n) is 3.19. The average Bonchev–Trinajstić information content (AvgIpc) is 2.85. The van der Waals surface area contributed by atoms with Gasteiger partial charge in [0, 0.05) is 11.4 Å². The molecule has 0 spiro atoms. The third-order valence-corrected chi connectivity index (χ3v) is 3.67. The highest BCUT2D eigenvalue weighted by Gasteiger charge is 2.21. The lowest BCUT2D eigenvalue weighted by atomic mass is 10.1. The minimum absolute atomic E-state index is 0.0476. The summed E-state index contributed by atoms with van der Waals surface area (Å²) in [5.41, 5.74) is 1.13. The van der Waals surface area contributed by atoms with Crippen molar-refractivity contribution in [3.8, 4) is 11.5 Å². The smallest absolute Gasteiger partial charge is 0.231 e. The van der Waals surface area contributed by atoms with Gasteiger partial charge in [0.1, 0.15) is 0 Å². The van der Waals surface area contributed by atoms with Gasteiger partial charge in [-0.05, 0) is 31.0 Å². The molecular formula is C15H21BrO3. The summed E-state index contributed by atoms with van der Waals surface area (Å²) < 4.78 is 16.8. The van der Waals surface area contributed by atoms with Gasteiger partial charge in [-0.15, -0.1) is 0 Å². The molecule has 0 N–H and O–H groups in total. The number of unbranched alkanes of at least 4 members (excludes halogenated alkanes) is 2. The van der Waals surface area contributed by atoms with Gasteiger partial charge in [0.15, 0.2) is 11.5 Å². The quantitative estimate of drug-likeness (QED) is 0.546. The first-order valence-electron chi connectivity index (χ1n) is 6.87. The maximum absolute atomic E-state index is 6.01. The summed E-state index contributed by atoms with van der Waals surface area (Å²) in [5.74, 6) is 1.63. The van der Waals surface area contributed by atoms with Crippen LogP contribution in [0.5, 0.6) is 11.5 Å². The van der Waals surface area contributed by atoms with Crippen molar-refractivity contribution in [1.82, 2.24) is 0 Å². The van der Waals surface area contributed by atoms with Crippen LogP contribution in [0.4, 0.5) is 0 Å². The molecule has 2 rings (SSSR count). The minimum atomic E-state index is 0.0476. The van der Waals surface area contributed by atoms with Crippen LogP contribution in [0, 0.1) is 0 Å². The highest BCUT2D eigenvalue weighted by atomic mass is 79.9. The average molecular weight is 329 g/mol. The van der Waals surface area contributed by atoms with E-state index in [0.29, 0.717) is 6.79 Å². The minimum Gasteiger partial charge on any atom is -0.454 e. The van der Waals surface area contributed by atoms with Crippen LogP contribution in [-0.2, 0) is 4.74 Å². The molecule has 4 heteroatoms. The van der Waals surface area contributed by atoms with Gasteiger partial charge in [-0.2, -0.15) is 0 Å². The van der Waals surface area contributed by atoms with Crippen LogP contribution >= 0.6 is 15.9 Å². The van der Waals surface area contributed by atoms with Crippen molar-refractivity contribution >= 4 is 15.9 Å². The van der Waals surface area contributed by atoms with E-state index in [2.05, 4.69) is 35.8 Å². The van der Waals surface area contributed by atoms with Crippen molar-refractivity contribution in [3.05, 3.63) is 23.8 Å². The number of ether oxygens (including phenoxy) is 3. The summed E-state index contributed by atoms with van der Waals surface area (Å²) >= 11 is 3.63. The molecule has 0 bridgehead atoms. The number of hydrogen-bond donors (Lipinski definition) is 0. The fourth-order valence-electron chi connectivity index (χ4n) is 2.15. The van der Waals surface area contributed by atoms with Gasteiger partial charge in [-0.1, -0.05) is 41.8 Å². The topological polar surface area (TPSA) is 27.7 Å². The van der Waals surface area contributed by atoms with E-state index in [0.717, 1.165) is 30.1 Å². The molecule has 0 saturated carbocycles. The van der Waals surface area contributed by atoms with Crippen molar-refractivity contribution in [2.45, 2.75) is 44.0 Å². The van der Waals surface area contributed by atoms with Gasteiger partial charge in [0.2, 0.25) is 6.79 Å². The van der Waals surface area contributed by atoms with E-state index in [-0.39, 0.29) is 10.9 Å². The number of rotatable bonds is 7. The summed E-state index contributed by atoms with van der Waals surface area (Å²) in [6, 6.07) is 6.02. The lowest BCUT2D eigenvalue weighted by Gasteiger charge is -2.21. The molecule has 1 aromatic carbocycles. The standard InChI is InChI=1S/C15H21BrO3/c1-3-4-5-8-17-15(11(2)16)12-6-7-13-14(9-12)19-10-18-13/h6-7,9,11,15H,3-5,8,10H2,1-2H3/t11-,15+/m0/s1. The largest absolute Gasteiger partial charge is 0.454 e. The molecule has 0 unspecified atom stereocenters. The Morgan fingerprint density at radius 1 is 1.26 bits per heavy atom. The predicted octanol–water partition coefficient (Wildman–Crippen LogP) is 4.45. The number of benzene rings is 1. The van der Waals surface area contributed by atoms with Crippen LogP contribution in [0.3, 0.4) is 0 Å².